The van der Waals surface area contributed by atoms with E-state index in [1.165, 1.54) is 17.3 Å². The monoisotopic (exact) mass is 370 g/mol. The molecule has 0 unspecified atom stereocenters. The van der Waals surface area contributed by atoms with Gasteiger partial charge in [0.05, 0.1) is 12.4 Å². The van der Waals surface area contributed by atoms with Crippen LogP contribution in [0.2, 0.25) is 0 Å². The lowest BCUT2D eigenvalue weighted by Gasteiger charge is -2.13. The quantitative estimate of drug-likeness (QED) is 0.333. The Labute approximate surface area is 160 Å². The molecule has 4 heteroatoms. The van der Waals surface area contributed by atoms with E-state index >= 15 is 0 Å². The summed E-state index contributed by atoms with van der Waals surface area (Å²) in [6, 6.07) is 15.3. The summed E-state index contributed by atoms with van der Waals surface area (Å²) >= 11 is 1.41. The van der Waals surface area contributed by atoms with Gasteiger partial charge in [-0.3, -0.25) is 9.59 Å². The van der Waals surface area contributed by atoms with E-state index in [1.54, 1.807) is 6.92 Å². The average Bonchev–Trinajstić information content (AvgIpc) is 2.68. The van der Waals surface area contributed by atoms with Gasteiger partial charge in [0.1, 0.15) is 0 Å². The van der Waals surface area contributed by atoms with Gasteiger partial charge in [0, 0.05) is 16.0 Å². The average molecular weight is 371 g/mol. The summed E-state index contributed by atoms with van der Waals surface area (Å²) in [5.74, 6) is 0.617. The SMILES string of the molecule is CCOC(=O)CSc1ccc(C(=O)c2ccc(C(CC)CC)cc2)cc1. The van der Waals surface area contributed by atoms with Crippen LogP contribution in [-0.4, -0.2) is 24.1 Å². The minimum Gasteiger partial charge on any atom is -0.465 e. The van der Waals surface area contributed by atoms with Crippen LogP contribution < -0.4 is 0 Å². The highest BCUT2D eigenvalue weighted by Crippen LogP contribution is 2.24. The Morgan fingerprint density at radius 1 is 0.885 bits per heavy atom. The van der Waals surface area contributed by atoms with Crippen molar-refractivity contribution in [1.29, 1.82) is 0 Å². The van der Waals surface area contributed by atoms with Gasteiger partial charge in [-0.1, -0.05) is 38.1 Å². The Hall–Kier alpha value is -2.07. The minimum absolute atomic E-state index is 0.0167. The van der Waals surface area contributed by atoms with E-state index in [9.17, 15) is 9.59 Å². The molecule has 0 fully saturated rings. The molecule has 0 spiro atoms. The van der Waals surface area contributed by atoms with Crippen molar-refractivity contribution in [2.75, 3.05) is 12.4 Å². The molecule has 0 saturated carbocycles. The molecule has 0 atom stereocenters. The maximum absolute atomic E-state index is 12.6. The Morgan fingerprint density at radius 2 is 1.42 bits per heavy atom. The first kappa shape index (κ1) is 20.2. The zero-order chi connectivity index (χ0) is 18.9. The third kappa shape index (κ3) is 5.46. The molecule has 0 aliphatic carbocycles. The summed E-state index contributed by atoms with van der Waals surface area (Å²) in [6.07, 6.45) is 2.21. The second-order valence-electron chi connectivity index (χ2n) is 6.08. The normalized spacial score (nSPS) is 10.8. The molecule has 0 N–H and O–H groups in total. The smallest absolute Gasteiger partial charge is 0.316 e. The first-order valence-corrected chi connectivity index (χ1v) is 10.1. The number of rotatable bonds is 9. The molecule has 2 aromatic carbocycles. The van der Waals surface area contributed by atoms with Gasteiger partial charge in [-0.15, -0.1) is 11.8 Å². The standard InChI is InChI=1S/C22H26O3S/c1-4-16(5-2)17-7-9-18(10-8-17)22(24)19-11-13-20(14-12-19)26-15-21(23)25-6-3/h7-14,16H,4-6,15H2,1-3H3. The van der Waals surface area contributed by atoms with Crippen LogP contribution in [0.4, 0.5) is 0 Å². The maximum atomic E-state index is 12.6. The first-order chi connectivity index (χ1) is 12.6. The molecule has 0 amide bonds. The molecule has 2 rings (SSSR count). The van der Waals surface area contributed by atoms with Crippen molar-refractivity contribution < 1.29 is 14.3 Å². The largest absolute Gasteiger partial charge is 0.465 e. The minimum atomic E-state index is -0.227. The van der Waals surface area contributed by atoms with Crippen LogP contribution in [-0.2, 0) is 9.53 Å². The Balaban J connectivity index is 2.02. The van der Waals surface area contributed by atoms with E-state index in [0.717, 1.165) is 17.7 Å². The predicted octanol–water partition coefficient (Wildman–Crippen LogP) is 5.48. The fraction of sp³-hybridized carbons (Fsp3) is 0.364. The number of hydrogen-bond acceptors (Lipinski definition) is 4. The third-order valence-corrected chi connectivity index (χ3v) is 5.39. The number of carbonyl (C=O) groups is 2. The molecule has 2 aromatic rings. The second-order valence-corrected chi connectivity index (χ2v) is 7.13. The lowest BCUT2D eigenvalue weighted by molar-refractivity contribution is -0.139. The van der Waals surface area contributed by atoms with Gasteiger partial charge in [-0.25, -0.2) is 0 Å². The van der Waals surface area contributed by atoms with Gasteiger partial charge in [-0.05, 0) is 55.5 Å². The molecule has 0 bridgehead atoms. The van der Waals surface area contributed by atoms with E-state index in [2.05, 4.69) is 26.0 Å². The van der Waals surface area contributed by atoms with E-state index in [1.807, 2.05) is 36.4 Å². The van der Waals surface area contributed by atoms with E-state index in [-0.39, 0.29) is 17.5 Å². The second kappa shape index (κ2) is 10.2. The van der Waals surface area contributed by atoms with E-state index in [0.29, 0.717) is 23.7 Å². The molecule has 138 valence electrons. The van der Waals surface area contributed by atoms with Crippen LogP contribution in [0.3, 0.4) is 0 Å². The van der Waals surface area contributed by atoms with Gasteiger partial charge in [-0.2, -0.15) is 0 Å². The van der Waals surface area contributed by atoms with E-state index in [4.69, 9.17) is 4.74 Å². The van der Waals surface area contributed by atoms with Gasteiger partial charge in [0.25, 0.3) is 0 Å². The van der Waals surface area contributed by atoms with Crippen LogP contribution in [0.1, 0.15) is 61.0 Å². The molecule has 0 aliphatic rings. The van der Waals surface area contributed by atoms with Gasteiger partial charge < -0.3 is 4.74 Å². The van der Waals surface area contributed by atoms with Gasteiger partial charge >= 0.3 is 5.97 Å². The topological polar surface area (TPSA) is 43.4 Å². The number of carbonyl (C=O) groups excluding carboxylic acids is 2. The van der Waals surface area contributed by atoms with Crippen molar-refractivity contribution in [1.82, 2.24) is 0 Å². The maximum Gasteiger partial charge on any atom is 0.316 e. The zero-order valence-corrected chi connectivity index (χ0v) is 16.5. The summed E-state index contributed by atoms with van der Waals surface area (Å²) < 4.78 is 4.91. The van der Waals surface area contributed by atoms with Crippen molar-refractivity contribution in [2.24, 2.45) is 0 Å². The summed E-state index contributed by atoms with van der Waals surface area (Å²) in [5, 5.41) is 0. The van der Waals surface area contributed by atoms with Gasteiger partial charge in [0.2, 0.25) is 0 Å². The van der Waals surface area contributed by atoms with Crippen molar-refractivity contribution in [3.63, 3.8) is 0 Å². The van der Waals surface area contributed by atoms with Crippen molar-refractivity contribution >= 4 is 23.5 Å². The fourth-order valence-electron chi connectivity index (χ4n) is 2.88. The van der Waals surface area contributed by atoms with Crippen molar-refractivity contribution in [3.8, 4) is 0 Å². The van der Waals surface area contributed by atoms with Crippen LogP contribution in [0.5, 0.6) is 0 Å². The Kier molecular flexibility index (Phi) is 7.92. The molecular formula is C22H26O3S. The lowest BCUT2D eigenvalue weighted by atomic mass is 9.92. The molecule has 0 aliphatic heterocycles. The number of ketones is 1. The van der Waals surface area contributed by atoms with Crippen LogP contribution in [0.25, 0.3) is 0 Å². The highest BCUT2D eigenvalue weighted by molar-refractivity contribution is 8.00. The molecule has 26 heavy (non-hydrogen) atoms. The summed E-state index contributed by atoms with van der Waals surface area (Å²) in [6.45, 7) is 6.56. The molecule has 0 saturated heterocycles. The van der Waals surface area contributed by atoms with E-state index < -0.39 is 0 Å². The highest BCUT2D eigenvalue weighted by Gasteiger charge is 2.12. The number of esters is 1. The predicted molar refractivity (Wildman–Crippen MR) is 107 cm³/mol. The summed E-state index contributed by atoms with van der Waals surface area (Å²) in [7, 11) is 0. The molecule has 0 heterocycles. The summed E-state index contributed by atoms with van der Waals surface area (Å²) in [4.78, 5) is 25.0. The Morgan fingerprint density at radius 3 is 1.92 bits per heavy atom. The van der Waals surface area contributed by atoms with Crippen molar-refractivity contribution in [2.45, 2.75) is 44.4 Å². The van der Waals surface area contributed by atoms with Gasteiger partial charge in [0.15, 0.2) is 5.78 Å². The van der Waals surface area contributed by atoms with Crippen LogP contribution in [0.15, 0.2) is 53.4 Å². The van der Waals surface area contributed by atoms with Crippen LogP contribution >= 0.6 is 11.8 Å². The Bertz CT molecular complexity index is 716. The fourth-order valence-corrected chi connectivity index (χ4v) is 3.58. The summed E-state index contributed by atoms with van der Waals surface area (Å²) in [5.41, 5.74) is 2.64. The highest BCUT2D eigenvalue weighted by atomic mass is 32.2. The molecule has 0 radical (unpaired) electrons. The lowest BCUT2D eigenvalue weighted by Crippen LogP contribution is -2.06. The molecular weight excluding hydrogens is 344 g/mol. The number of benzene rings is 2. The number of ether oxygens (including phenoxy) is 1. The first-order valence-electron chi connectivity index (χ1n) is 9.12. The molecule has 3 nitrogen and oxygen atoms in total. The third-order valence-electron chi connectivity index (χ3n) is 4.41. The zero-order valence-electron chi connectivity index (χ0n) is 15.7. The molecule has 0 aromatic heterocycles. The van der Waals surface area contributed by atoms with Crippen molar-refractivity contribution in [3.05, 3.63) is 65.2 Å². The number of hydrogen-bond donors (Lipinski definition) is 0. The van der Waals surface area contributed by atoms with Crippen LogP contribution in [0, 0.1) is 0 Å². The number of thioether (sulfide) groups is 1.